The van der Waals surface area contributed by atoms with Crippen molar-refractivity contribution in [3.63, 3.8) is 0 Å². The molecule has 1 heterocycles. The van der Waals surface area contributed by atoms with E-state index in [9.17, 15) is 27.9 Å². The molecule has 1 saturated heterocycles. The third kappa shape index (κ3) is 5.61. The Balaban J connectivity index is 2.19. The summed E-state index contributed by atoms with van der Waals surface area (Å²) < 4.78 is 43.5. The summed E-state index contributed by atoms with van der Waals surface area (Å²) in [6, 6.07) is 4.18. The summed E-state index contributed by atoms with van der Waals surface area (Å²) in [6.45, 7) is 5.88. The Labute approximate surface area is 156 Å². The van der Waals surface area contributed by atoms with Crippen LogP contribution >= 0.6 is 0 Å². The second-order valence-corrected chi connectivity index (χ2v) is 7.76. The Hall–Kier alpha value is -2.25. The van der Waals surface area contributed by atoms with Crippen LogP contribution in [-0.2, 0) is 15.7 Å². The average Bonchev–Trinajstić information content (AvgIpc) is 2.53. The zero-order valence-electron chi connectivity index (χ0n) is 15.5. The number of carboxylic acids is 1. The van der Waals surface area contributed by atoms with Crippen molar-refractivity contribution < 1.29 is 32.6 Å². The van der Waals surface area contributed by atoms with Gasteiger partial charge in [-0.15, -0.1) is 0 Å². The highest BCUT2D eigenvalue weighted by Crippen LogP contribution is 2.35. The Bertz CT molecular complexity index is 680. The summed E-state index contributed by atoms with van der Waals surface area (Å²) in [5.41, 5.74) is -1.19. The first-order chi connectivity index (χ1) is 12.4. The van der Waals surface area contributed by atoms with E-state index in [0.717, 1.165) is 12.1 Å². The SMILES string of the molecule is CC(C)(C)OC(=O)N1CCCC(C(C(=O)O)c2ccc(C(F)(F)F)cc2)C1. The van der Waals surface area contributed by atoms with Crippen LogP contribution in [0.15, 0.2) is 24.3 Å². The Morgan fingerprint density at radius 1 is 1.19 bits per heavy atom. The van der Waals surface area contributed by atoms with Crippen molar-refractivity contribution in [2.24, 2.45) is 5.92 Å². The number of likely N-dealkylation sites (tertiary alicyclic amines) is 1. The molecule has 1 fully saturated rings. The fraction of sp³-hybridized carbons (Fsp3) is 0.579. The Morgan fingerprint density at radius 2 is 1.78 bits per heavy atom. The number of halogens is 3. The summed E-state index contributed by atoms with van der Waals surface area (Å²) in [6.07, 6.45) is -3.81. The predicted octanol–water partition coefficient (Wildman–Crippen LogP) is 4.52. The van der Waals surface area contributed by atoms with Crippen LogP contribution in [0.1, 0.15) is 50.7 Å². The van der Waals surface area contributed by atoms with Crippen molar-refractivity contribution in [2.45, 2.75) is 51.3 Å². The first kappa shape index (κ1) is 21.1. The van der Waals surface area contributed by atoms with Gasteiger partial charge in [-0.2, -0.15) is 13.2 Å². The maximum atomic E-state index is 12.7. The van der Waals surface area contributed by atoms with Crippen LogP contribution in [-0.4, -0.2) is 40.8 Å². The number of carboxylic acid groups (broad SMARTS) is 1. The third-order valence-corrected chi connectivity index (χ3v) is 4.44. The zero-order valence-corrected chi connectivity index (χ0v) is 15.5. The molecule has 27 heavy (non-hydrogen) atoms. The number of hydrogen-bond acceptors (Lipinski definition) is 3. The molecule has 1 aromatic carbocycles. The molecule has 150 valence electrons. The highest BCUT2D eigenvalue weighted by atomic mass is 19.4. The van der Waals surface area contributed by atoms with Gasteiger partial charge in [0, 0.05) is 13.1 Å². The maximum Gasteiger partial charge on any atom is 0.416 e. The second-order valence-electron chi connectivity index (χ2n) is 7.76. The summed E-state index contributed by atoms with van der Waals surface area (Å²) in [4.78, 5) is 25.6. The molecule has 0 bridgehead atoms. The van der Waals surface area contributed by atoms with Gasteiger partial charge in [0.2, 0.25) is 0 Å². The van der Waals surface area contributed by atoms with Crippen molar-refractivity contribution in [1.82, 2.24) is 4.90 Å². The Kier molecular flexibility index (Phi) is 6.07. The average molecular weight is 387 g/mol. The van der Waals surface area contributed by atoms with Crippen molar-refractivity contribution in [1.29, 1.82) is 0 Å². The summed E-state index contributed by atoms with van der Waals surface area (Å²) in [5, 5.41) is 9.66. The molecular formula is C19H24F3NO4. The number of benzene rings is 1. The smallest absolute Gasteiger partial charge is 0.416 e. The van der Waals surface area contributed by atoms with Gasteiger partial charge in [-0.1, -0.05) is 12.1 Å². The molecule has 2 atom stereocenters. The zero-order chi connectivity index (χ0) is 20.4. The minimum absolute atomic E-state index is 0.187. The quantitative estimate of drug-likeness (QED) is 0.828. The molecule has 1 amide bonds. The first-order valence-electron chi connectivity index (χ1n) is 8.76. The predicted molar refractivity (Wildman–Crippen MR) is 92.4 cm³/mol. The molecule has 0 aromatic heterocycles. The lowest BCUT2D eigenvalue weighted by Crippen LogP contribution is -2.45. The molecule has 1 N–H and O–H groups in total. The van der Waals surface area contributed by atoms with Gasteiger partial charge in [0.15, 0.2) is 0 Å². The van der Waals surface area contributed by atoms with Crippen molar-refractivity contribution >= 4 is 12.1 Å². The molecule has 5 nitrogen and oxygen atoms in total. The number of amides is 1. The molecule has 0 aliphatic carbocycles. The molecule has 8 heteroatoms. The largest absolute Gasteiger partial charge is 0.481 e. The number of carbonyl (C=O) groups excluding carboxylic acids is 1. The molecule has 0 spiro atoms. The van der Waals surface area contributed by atoms with Gasteiger partial charge in [0.25, 0.3) is 0 Å². The summed E-state index contributed by atoms with van der Waals surface area (Å²) in [5.74, 6) is -2.51. The topological polar surface area (TPSA) is 66.8 Å². The number of piperidine rings is 1. The summed E-state index contributed by atoms with van der Waals surface area (Å²) in [7, 11) is 0. The lowest BCUT2D eigenvalue weighted by molar-refractivity contribution is -0.140. The highest BCUT2D eigenvalue weighted by Gasteiger charge is 2.37. The molecule has 1 aliphatic rings. The van der Waals surface area contributed by atoms with Gasteiger partial charge in [-0.25, -0.2) is 4.79 Å². The molecule has 2 rings (SSSR count). The van der Waals surface area contributed by atoms with Crippen LogP contribution in [0.5, 0.6) is 0 Å². The van der Waals surface area contributed by atoms with Gasteiger partial charge in [-0.3, -0.25) is 4.79 Å². The number of hydrogen-bond donors (Lipinski definition) is 1. The molecule has 1 aliphatic heterocycles. The van der Waals surface area contributed by atoms with E-state index in [1.165, 1.54) is 17.0 Å². The van der Waals surface area contributed by atoms with Crippen molar-refractivity contribution in [3.8, 4) is 0 Å². The maximum absolute atomic E-state index is 12.7. The number of carbonyl (C=O) groups is 2. The number of rotatable bonds is 3. The van der Waals surface area contributed by atoms with Crippen LogP contribution in [0.3, 0.4) is 0 Å². The number of nitrogens with zero attached hydrogens (tertiary/aromatic N) is 1. The molecule has 0 saturated carbocycles. The van der Waals surface area contributed by atoms with Crippen LogP contribution in [0, 0.1) is 5.92 Å². The lowest BCUT2D eigenvalue weighted by atomic mass is 9.81. The molecule has 0 radical (unpaired) electrons. The van der Waals surface area contributed by atoms with E-state index >= 15 is 0 Å². The van der Waals surface area contributed by atoms with E-state index in [-0.39, 0.29) is 6.54 Å². The van der Waals surface area contributed by atoms with Crippen molar-refractivity contribution in [3.05, 3.63) is 35.4 Å². The molecule has 1 aromatic rings. The van der Waals surface area contributed by atoms with E-state index in [1.807, 2.05) is 0 Å². The van der Waals surface area contributed by atoms with E-state index in [1.54, 1.807) is 20.8 Å². The molecule has 2 unspecified atom stereocenters. The third-order valence-electron chi connectivity index (χ3n) is 4.44. The molecular weight excluding hydrogens is 363 g/mol. The second kappa shape index (κ2) is 7.78. The number of ether oxygens (including phenoxy) is 1. The summed E-state index contributed by atoms with van der Waals surface area (Å²) >= 11 is 0. The minimum Gasteiger partial charge on any atom is -0.481 e. The van der Waals surface area contributed by atoms with Crippen molar-refractivity contribution in [2.75, 3.05) is 13.1 Å². The van der Waals surface area contributed by atoms with Crippen LogP contribution < -0.4 is 0 Å². The number of aliphatic carboxylic acids is 1. The van der Waals surface area contributed by atoms with E-state index in [2.05, 4.69) is 0 Å². The van der Waals surface area contributed by atoms with Crippen LogP contribution in [0.25, 0.3) is 0 Å². The highest BCUT2D eigenvalue weighted by molar-refractivity contribution is 5.77. The Morgan fingerprint density at radius 3 is 2.26 bits per heavy atom. The van der Waals surface area contributed by atoms with Crippen LogP contribution in [0.2, 0.25) is 0 Å². The van der Waals surface area contributed by atoms with E-state index < -0.39 is 41.2 Å². The lowest BCUT2D eigenvalue weighted by Gasteiger charge is -2.36. The van der Waals surface area contributed by atoms with Gasteiger partial charge in [-0.05, 0) is 57.2 Å². The fourth-order valence-electron chi connectivity index (χ4n) is 3.27. The van der Waals surface area contributed by atoms with Gasteiger partial charge >= 0.3 is 18.2 Å². The van der Waals surface area contributed by atoms with E-state index in [4.69, 9.17) is 4.74 Å². The standard InChI is InChI=1S/C19H24F3NO4/c1-18(2,3)27-17(26)23-10-4-5-13(11-23)15(16(24)25)12-6-8-14(9-7-12)19(20,21)22/h6-9,13,15H,4-5,10-11H2,1-3H3,(H,24,25). The van der Waals surface area contributed by atoms with Gasteiger partial charge in [0.05, 0.1) is 11.5 Å². The van der Waals surface area contributed by atoms with Gasteiger partial charge in [0.1, 0.15) is 5.60 Å². The monoisotopic (exact) mass is 387 g/mol. The number of alkyl halides is 3. The van der Waals surface area contributed by atoms with Crippen LogP contribution in [0.4, 0.5) is 18.0 Å². The van der Waals surface area contributed by atoms with E-state index in [0.29, 0.717) is 24.9 Å². The minimum atomic E-state index is -4.48. The van der Waals surface area contributed by atoms with Gasteiger partial charge < -0.3 is 14.7 Å². The first-order valence-corrected chi connectivity index (χ1v) is 8.76. The fourth-order valence-corrected chi connectivity index (χ4v) is 3.27. The normalized spacial score (nSPS) is 19.5.